The molecule has 6 heterocycles. The third-order valence-corrected chi connectivity index (χ3v) is 11.6. The van der Waals surface area contributed by atoms with Gasteiger partial charge in [0.25, 0.3) is 0 Å². The third kappa shape index (κ3) is 4.52. The smallest absolute Gasteiger partial charge is 0.254 e. The van der Waals surface area contributed by atoms with Gasteiger partial charge in [-0.3, -0.25) is 9.97 Å². The number of pyridine rings is 4. The lowest BCUT2D eigenvalue weighted by Gasteiger charge is -2.25. The summed E-state index contributed by atoms with van der Waals surface area (Å²) in [5.41, 5.74) is -0.390. The molecule has 0 N–H and O–H groups in total. The van der Waals surface area contributed by atoms with Crippen LogP contribution in [0.1, 0.15) is 20.9 Å². The van der Waals surface area contributed by atoms with Crippen LogP contribution in [-0.4, -0.2) is 37.7 Å². The number of hydrogen-bond donors (Lipinski definition) is 0. The van der Waals surface area contributed by atoms with Crippen molar-refractivity contribution in [2.75, 3.05) is 0 Å². The molecule has 0 unspecified atom stereocenters. The Morgan fingerprint density at radius 2 is 0.863 bits per heavy atom. The van der Waals surface area contributed by atoms with E-state index in [1.165, 1.54) is 26.0 Å². The van der Waals surface area contributed by atoms with Gasteiger partial charge in [-0.2, -0.15) is 26.3 Å². The van der Waals surface area contributed by atoms with Crippen molar-refractivity contribution < 1.29 is 26.3 Å². The molecule has 0 radical (unpaired) electrons. The molecule has 0 amide bonds. The van der Waals surface area contributed by atoms with Gasteiger partial charge in [0.1, 0.15) is 0 Å². The molecule has 4 nitrogen and oxygen atoms in total. The summed E-state index contributed by atoms with van der Waals surface area (Å²) in [6.45, 7) is 2.92. The molecule has 0 saturated heterocycles. The molecule has 0 aliphatic heterocycles. The van der Waals surface area contributed by atoms with Crippen LogP contribution in [0.5, 0.6) is 0 Å². The minimum absolute atomic E-state index is 0.173. The number of fused-ring (bicyclic) bond motifs is 6. The molecule has 0 saturated carbocycles. The van der Waals surface area contributed by atoms with Crippen molar-refractivity contribution in [1.29, 1.82) is 0 Å². The summed E-state index contributed by atoms with van der Waals surface area (Å²) in [6, 6.07) is 24.4. The van der Waals surface area contributed by atoms with Crippen LogP contribution >= 0.6 is 22.7 Å². The highest BCUT2D eigenvalue weighted by Crippen LogP contribution is 2.66. The monoisotopic (exact) mass is 724 g/mol. The Bertz CT molecular complexity index is 2600. The standard InChI is InChI=1S/C39H22F6N4S2/c1-19-25(17-29(50-19)27-13-11-23-9-7-21-5-3-15-46-33(21)35(23)48-27)31-32(38(42,43)39(44,45)37(31,40)41)26-18-30(51-20(26)2)28-14-12-24-10-8-22-6-4-16-47-34(22)36(24)49-28/h3-18H,1-2H3. The van der Waals surface area contributed by atoms with Crippen LogP contribution in [0.15, 0.2) is 97.3 Å². The minimum atomic E-state index is -5.69. The van der Waals surface area contributed by atoms with Crippen molar-refractivity contribution in [1.82, 2.24) is 19.9 Å². The van der Waals surface area contributed by atoms with Crippen LogP contribution in [0.4, 0.5) is 26.3 Å². The second kappa shape index (κ2) is 10.9. The Balaban J connectivity index is 1.22. The summed E-state index contributed by atoms with van der Waals surface area (Å²) in [7, 11) is 0. The molecule has 2 aromatic carbocycles. The normalized spacial score (nSPS) is 16.6. The van der Waals surface area contributed by atoms with Gasteiger partial charge in [-0.25, -0.2) is 9.97 Å². The lowest BCUT2D eigenvalue weighted by molar-refractivity contribution is -0.254. The second-order valence-electron chi connectivity index (χ2n) is 12.5. The fourth-order valence-electron chi connectivity index (χ4n) is 6.87. The number of allylic oxidation sites excluding steroid dienone is 2. The predicted octanol–water partition coefficient (Wildman–Crippen LogP) is 11.8. The Morgan fingerprint density at radius 1 is 0.490 bits per heavy atom. The molecule has 252 valence electrons. The maximum atomic E-state index is 15.9. The number of halogens is 6. The summed E-state index contributed by atoms with van der Waals surface area (Å²) in [5.74, 6) is -16.1. The first-order valence-corrected chi connectivity index (χ1v) is 17.4. The van der Waals surface area contributed by atoms with Crippen LogP contribution in [0, 0.1) is 13.8 Å². The van der Waals surface area contributed by atoms with E-state index in [-0.39, 0.29) is 20.9 Å². The van der Waals surface area contributed by atoms with Gasteiger partial charge in [0, 0.05) is 54.8 Å². The van der Waals surface area contributed by atoms with E-state index in [0.29, 0.717) is 43.2 Å². The molecule has 8 aromatic rings. The topological polar surface area (TPSA) is 51.6 Å². The second-order valence-corrected chi connectivity index (χ2v) is 15.0. The Kier molecular flexibility index (Phi) is 6.79. The number of hydrogen-bond acceptors (Lipinski definition) is 6. The minimum Gasteiger partial charge on any atom is -0.254 e. The van der Waals surface area contributed by atoms with Crippen LogP contribution in [0.3, 0.4) is 0 Å². The van der Waals surface area contributed by atoms with Crippen LogP contribution in [0.2, 0.25) is 0 Å². The van der Waals surface area contributed by atoms with Crippen molar-refractivity contribution in [3.05, 3.63) is 118 Å². The zero-order valence-corrected chi connectivity index (χ0v) is 28.2. The fraction of sp³-hybridized carbons (Fsp3) is 0.128. The lowest BCUT2D eigenvalue weighted by Crippen LogP contribution is -2.48. The molecule has 0 bridgehead atoms. The molecule has 1 aliphatic rings. The first-order chi connectivity index (χ1) is 24.4. The van der Waals surface area contributed by atoms with E-state index in [0.717, 1.165) is 44.2 Å². The Morgan fingerprint density at radius 3 is 1.27 bits per heavy atom. The lowest BCUT2D eigenvalue weighted by atomic mass is 9.95. The molecule has 1 aliphatic carbocycles. The first kappa shape index (κ1) is 31.8. The highest BCUT2D eigenvalue weighted by molar-refractivity contribution is 7.16. The molecule has 0 fully saturated rings. The molecule has 6 aromatic heterocycles. The number of nitrogens with zero attached hydrogens (tertiary/aromatic N) is 4. The van der Waals surface area contributed by atoms with Gasteiger partial charge in [-0.15, -0.1) is 22.7 Å². The summed E-state index contributed by atoms with van der Waals surface area (Å²) in [4.78, 5) is 19.5. The maximum Gasteiger partial charge on any atom is 0.380 e. The number of aryl methyl sites for hydroxylation is 2. The van der Waals surface area contributed by atoms with Crippen molar-refractivity contribution in [3.8, 4) is 21.1 Å². The molecule has 9 rings (SSSR count). The quantitative estimate of drug-likeness (QED) is 0.134. The number of aromatic nitrogens is 4. The van der Waals surface area contributed by atoms with E-state index >= 15 is 26.3 Å². The van der Waals surface area contributed by atoms with Gasteiger partial charge >= 0.3 is 17.8 Å². The SMILES string of the molecule is Cc1sc(-c2ccc3ccc4cccnc4c3n2)cc1C1=C(c2cc(-c3ccc4ccc5cccnc5c4n3)sc2C)C(F)(F)C(F)(F)C1(F)F. The van der Waals surface area contributed by atoms with Crippen LogP contribution in [-0.2, 0) is 0 Å². The van der Waals surface area contributed by atoms with Crippen molar-refractivity contribution in [2.45, 2.75) is 31.6 Å². The predicted molar refractivity (Wildman–Crippen MR) is 192 cm³/mol. The van der Waals surface area contributed by atoms with Crippen LogP contribution < -0.4 is 0 Å². The highest BCUT2D eigenvalue weighted by Gasteiger charge is 2.80. The first-order valence-electron chi connectivity index (χ1n) is 15.8. The maximum absolute atomic E-state index is 15.9. The van der Waals surface area contributed by atoms with E-state index in [1.54, 1.807) is 48.8 Å². The zero-order valence-electron chi connectivity index (χ0n) is 26.6. The van der Waals surface area contributed by atoms with E-state index in [4.69, 9.17) is 9.97 Å². The van der Waals surface area contributed by atoms with Gasteiger partial charge in [0.05, 0.1) is 43.2 Å². The number of benzene rings is 2. The number of thiophene rings is 2. The van der Waals surface area contributed by atoms with Gasteiger partial charge < -0.3 is 0 Å². The average molecular weight is 725 g/mol. The molecule has 12 heteroatoms. The summed E-state index contributed by atoms with van der Waals surface area (Å²) >= 11 is 2.04. The summed E-state index contributed by atoms with van der Waals surface area (Å²) in [6.07, 6.45) is 3.26. The summed E-state index contributed by atoms with van der Waals surface area (Å²) < 4.78 is 94.5. The molecular weight excluding hydrogens is 703 g/mol. The van der Waals surface area contributed by atoms with Gasteiger partial charge in [-0.05, 0) is 61.4 Å². The van der Waals surface area contributed by atoms with Crippen molar-refractivity contribution in [2.24, 2.45) is 0 Å². The van der Waals surface area contributed by atoms with Crippen molar-refractivity contribution in [3.63, 3.8) is 0 Å². The van der Waals surface area contributed by atoms with E-state index in [2.05, 4.69) is 9.97 Å². The average Bonchev–Trinajstić information content (AvgIpc) is 3.73. The molecular formula is C39H22F6N4S2. The highest BCUT2D eigenvalue weighted by atomic mass is 32.1. The number of rotatable bonds is 4. The van der Waals surface area contributed by atoms with E-state index < -0.39 is 28.9 Å². The van der Waals surface area contributed by atoms with Crippen molar-refractivity contribution >= 4 is 77.4 Å². The Labute approximate surface area is 293 Å². The third-order valence-electron chi connectivity index (χ3n) is 9.41. The van der Waals surface area contributed by atoms with Gasteiger partial charge in [-0.1, -0.05) is 48.5 Å². The fourth-order valence-corrected chi connectivity index (χ4v) is 8.86. The van der Waals surface area contributed by atoms with Gasteiger partial charge in [0.2, 0.25) is 0 Å². The Hall–Kier alpha value is -5.20. The van der Waals surface area contributed by atoms with E-state index in [9.17, 15) is 0 Å². The number of alkyl halides is 6. The summed E-state index contributed by atoms with van der Waals surface area (Å²) in [5, 5.41) is 3.27. The molecule has 51 heavy (non-hydrogen) atoms. The van der Waals surface area contributed by atoms with E-state index in [1.807, 2.05) is 36.4 Å². The largest absolute Gasteiger partial charge is 0.380 e. The van der Waals surface area contributed by atoms with Crippen LogP contribution in [0.25, 0.3) is 75.9 Å². The molecule has 0 spiro atoms. The zero-order chi connectivity index (χ0) is 35.4. The van der Waals surface area contributed by atoms with Gasteiger partial charge in [0.15, 0.2) is 0 Å². The molecule has 0 atom stereocenters.